The Kier molecular flexibility index (Phi) is 4.25. The molecule has 1 saturated heterocycles. The summed E-state index contributed by atoms with van der Waals surface area (Å²) in [5, 5.41) is 0. The van der Waals surface area contributed by atoms with Crippen LogP contribution >= 0.6 is 15.9 Å². The molecule has 1 unspecified atom stereocenters. The summed E-state index contributed by atoms with van der Waals surface area (Å²) >= 11 is 3.39. The quantitative estimate of drug-likeness (QED) is 0.782. The first-order valence-corrected chi connectivity index (χ1v) is 8.13. The summed E-state index contributed by atoms with van der Waals surface area (Å²) in [6, 6.07) is 7.50. The number of benzene rings is 1. The second kappa shape index (κ2) is 5.58. The van der Waals surface area contributed by atoms with E-state index < -0.39 is 21.9 Å². The molecular weight excluding hydrogens is 337 g/mol. The fraction of sp³-hybridized carbons (Fsp3) is 0.417. The maximum atomic E-state index is 12.6. The van der Waals surface area contributed by atoms with Gasteiger partial charge in [-0.05, 0) is 11.6 Å². The van der Waals surface area contributed by atoms with Crippen molar-refractivity contribution in [2.24, 2.45) is 5.92 Å². The molecule has 1 fully saturated rings. The van der Waals surface area contributed by atoms with Crippen molar-refractivity contribution in [1.29, 1.82) is 0 Å². The van der Waals surface area contributed by atoms with E-state index >= 15 is 0 Å². The molecule has 104 valence electrons. The van der Waals surface area contributed by atoms with E-state index in [1.54, 1.807) is 4.90 Å². The Bertz CT molecular complexity index is 590. The fourth-order valence-corrected chi connectivity index (χ4v) is 3.43. The van der Waals surface area contributed by atoms with Gasteiger partial charge in [0.15, 0.2) is 0 Å². The third kappa shape index (κ3) is 4.01. The van der Waals surface area contributed by atoms with Gasteiger partial charge in [-0.3, -0.25) is 4.79 Å². The number of nitrogens with zero attached hydrogens (tertiary/aromatic N) is 1. The summed E-state index contributed by atoms with van der Waals surface area (Å²) in [5.74, 6) is -1.17. The van der Waals surface area contributed by atoms with Crippen molar-refractivity contribution in [3.8, 4) is 0 Å². The normalized spacial score (nSPS) is 20.0. The summed E-state index contributed by atoms with van der Waals surface area (Å²) in [6.07, 6.45) is 0.0909. The highest BCUT2D eigenvalue weighted by Gasteiger charge is 2.32. The van der Waals surface area contributed by atoms with Crippen LogP contribution in [0.4, 0.5) is 3.89 Å². The second-order valence-corrected chi connectivity index (χ2v) is 6.91. The summed E-state index contributed by atoms with van der Waals surface area (Å²) < 4.78 is 34.7. The van der Waals surface area contributed by atoms with Gasteiger partial charge in [0.25, 0.3) is 0 Å². The van der Waals surface area contributed by atoms with Gasteiger partial charge in [0.05, 0.1) is 5.75 Å². The summed E-state index contributed by atoms with van der Waals surface area (Å²) in [7, 11) is -4.52. The number of halogens is 2. The number of amides is 1. The highest BCUT2D eigenvalue weighted by molar-refractivity contribution is 9.10. The number of rotatable bonds is 4. The van der Waals surface area contributed by atoms with Crippen LogP contribution in [0.15, 0.2) is 28.7 Å². The molecule has 19 heavy (non-hydrogen) atoms. The molecule has 0 N–H and O–H groups in total. The van der Waals surface area contributed by atoms with Gasteiger partial charge in [-0.25, -0.2) is 0 Å². The standard InChI is InChI=1S/C12H13BrFNO3S/c13-11-4-2-1-3-10(11)7-15-6-9(5-12(15)16)8-19(14,17)18/h1-4,9H,5-8H2. The summed E-state index contributed by atoms with van der Waals surface area (Å²) in [4.78, 5) is 13.3. The van der Waals surface area contributed by atoms with E-state index in [-0.39, 0.29) is 18.9 Å². The fourth-order valence-electron chi connectivity index (χ4n) is 2.23. The number of hydrogen-bond donors (Lipinski definition) is 0. The topological polar surface area (TPSA) is 54.5 Å². The Morgan fingerprint density at radius 1 is 1.37 bits per heavy atom. The Morgan fingerprint density at radius 3 is 2.68 bits per heavy atom. The van der Waals surface area contributed by atoms with E-state index in [0.29, 0.717) is 6.54 Å². The first-order valence-electron chi connectivity index (χ1n) is 5.78. The average molecular weight is 350 g/mol. The molecule has 1 aromatic carbocycles. The Morgan fingerprint density at radius 2 is 2.05 bits per heavy atom. The van der Waals surface area contributed by atoms with Crippen LogP contribution in [0.2, 0.25) is 0 Å². The number of likely N-dealkylation sites (tertiary alicyclic amines) is 1. The molecule has 0 spiro atoms. The molecule has 2 rings (SSSR count). The minimum atomic E-state index is -4.52. The molecule has 1 aromatic rings. The molecule has 0 bridgehead atoms. The molecule has 1 heterocycles. The third-order valence-electron chi connectivity index (χ3n) is 3.05. The molecule has 4 nitrogen and oxygen atoms in total. The summed E-state index contributed by atoms with van der Waals surface area (Å²) in [6.45, 7) is 0.687. The van der Waals surface area contributed by atoms with Crippen LogP contribution in [-0.2, 0) is 21.6 Å². The zero-order valence-electron chi connectivity index (χ0n) is 10.1. The first kappa shape index (κ1) is 14.5. The Hall–Kier alpha value is -0.950. The van der Waals surface area contributed by atoms with Crippen LogP contribution in [0.3, 0.4) is 0 Å². The van der Waals surface area contributed by atoms with E-state index in [4.69, 9.17) is 0 Å². The molecular formula is C12H13BrFNO3S. The van der Waals surface area contributed by atoms with Gasteiger partial charge in [-0.1, -0.05) is 34.1 Å². The van der Waals surface area contributed by atoms with Gasteiger partial charge in [0.1, 0.15) is 0 Å². The van der Waals surface area contributed by atoms with Crippen LogP contribution in [0.1, 0.15) is 12.0 Å². The maximum Gasteiger partial charge on any atom is 0.302 e. The lowest BCUT2D eigenvalue weighted by atomic mass is 10.1. The second-order valence-electron chi connectivity index (χ2n) is 4.64. The predicted octanol–water partition coefficient (Wildman–Crippen LogP) is 2.10. The number of hydrogen-bond acceptors (Lipinski definition) is 3. The van der Waals surface area contributed by atoms with Crippen LogP contribution in [-0.4, -0.2) is 31.5 Å². The lowest BCUT2D eigenvalue weighted by Gasteiger charge is -2.17. The van der Waals surface area contributed by atoms with Crippen molar-refractivity contribution in [3.63, 3.8) is 0 Å². The predicted molar refractivity (Wildman–Crippen MR) is 72.6 cm³/mol. The van der Waals surface area contributed by atoms with E-state index in [2.05, 4.69) is 15.9 Å². The van der Waals surface area contributed by atoms with Gasteiger partial charge >= 0.3 is 10.2 Å². The van der Waals surface area contributed by atoms with Crippen molar-refractivity contribution < 1.29 is 17.1 Å². The minimum absolute atomic E-state index is 0.0909. The lowest BCUT2D eigenvalue weighted by Crippen LogP contribution is -2.25. The van der Waals surface area contributed by atoms with Crippen LogP contribution in [0, 0.1) is 5.92 Å². The minimum Gasteiger partial charge on any atom is -0.338 e. The van der Waals surface area contributed by atoms with Crippen molar-refractivity contribution in [3.05, 3.63) is 34.3 Å². The van der Waals surface area contributed by atoms with Crippen LogP contribution < -0.4 is 0 Å². The van der Waals surface area contributed by atoms with E-state index in [1.807, 2.05) is 24.3 Å². The van der Waals surface area contributed by atoms with Crippen molar-refractivity contribution >= 4 is 32.1 Å². The van der Waals surface area contributed by atoms with Crippen molar-refractivity contribution in [2.45, 2.75) is 13.0 Å². The lowest BCUT2D eigenvalue weighted by molar-refractivity contribution is -0.128. The van der Waals surface area contributed by atoms with Gasteiger partial charge in [0.2, 0.25) is 5.91 Å². The molecule has 1 aliphatic rings. The SMILES string of the molecule is O=C1CC(CS(=O)(=O)F)CN1Cc1ccccc1Br. The number of carbonyl (C=O) groups excluding carboxylic acids is 1. The first-order chi connectivity index (χ1) is 8.85. The Balaban J connectivity index is 2.03. The van der Waals surface area contributed by atoms with Gasteiger partial charge in [-0.2, -0.15) is 8.42 Å². The zero-order valence-corrected chi connectivity index (χ0v) is 12.5. The number of carbonyl (C=O) groups is 1. The van der Waals surface area contributed by atoms with Gasteiger partial charge < -0.3 is 4.90 Å². The van der Waals surface area contributed by atoms with E-state index in [1.165, 1.54) is 0 Å². The molecule has 1 amide bonds. The molecule has 7 heteroatoms. The summed E-state index contributed by atoms with van der Waals surface area (Å²) in [5.41, 5.74) is 0.944. The van der Waals surface area contributed by atoms with Gasteiger partial charge in [0, 0.05) is 29.9 Å². The largest absolute Gasteiger partial charge is 0.338 e. The van der Waals surface area contributed by atoms with E-state index in [9.17, 15) is 17.1 Å². The molecule has 0 aromatic heterocycles. The highest BCUT2D eigenvalue weighted by atomic mass is 79.9. The van der Waals surface area contributed by atoms with Crippen LogP contribution in [0.5, 0.6) is 0 Å². The smallest absolute Gasteiger partial charge is 0.302 e. The molecule has 1 atom stereocenters. The molecule has 1 aliphatic heterocycles. The zero-order chi connectivity index (χ0) is 14.0. The Labute approximate surface area is 119 Å². The van der Waals surface area contributed by atoms with Gasteiger partial charge in [-0.15, -0.1) is 3.89 Å². The highest BCUT2D eigenvalue weighted by Crippen LogP contribution is 2.24. The third-order valence-corrected chi connectivity index (χ3v) is 4.69. The molecule has 0 radical (unpaired) electrons. The van der Waals surface area contributed by atoms with Crippen molar-refractivity contribution in [1.82, 2.24) is 4.90 Å². The van der Waals surface area contributed by atoms with Crippen LogP contribution in [0.25, 0.3) is 0 Å². The van der Waals surface area contributed by atoms with E-state index in [0.717, 1.165) is 10.0 Å². The molecule has 0 saturated carbocycles. The maximum absolute atomic E-state index is 12.6. The van der Waals surface area contributed by atoms with Crippen molar-refractivity contribution in [2.75, 3.05) is 12.3 Å². The monoisotopic (exact) mass is 349 g/mol. The average Bonchev–Trinajstić information content (AvgIpc) is 2.60. The molecule has 0 aliphatic carbocycles.